The van der Waals surface area contributed by atoms with Gasteiger partial charge in [0.25, 0.3) is 0 Å². The molecule has 6 heteroatoms. The SMILES string of the molecule is CCCC/C=C\CCCCCC(CC(=O)NC(CO)C(O)CCCCCCCCCCCCCCCCCCC)OC(=O)CCCCCCC/C=C\CCCCC. The number of hydrogen-bond acceptors (Lipinski definition) is 5. The number of allylic oxidation sites excluding steroid dienone is 4. The predicted molar refractivity (Wildman–Crippen MR) is 246 cm³/mol. The largest absolute Gasteiger partial charge is 0.462 e. The summed E-state index contributed by atoms with van der Waals surface area (Å²) >= 11 is 0. The normalized spacial score (nSPS) is 13.4. The maximum atomic E-state index is 13.1. The van der Waals surface area contributed by atoms with Crippen molar-refractivity contribution in [1.82, 2.24) is 5.32 Å². The number of hydrogen-bond donors (Lipinski definition) is 3. The first-order valence-corrected chi connectivity index (χ1v) is 25.1. The van der Waals surface area contributed by atoms with Gasteiger partial charge in [-0.1, -0.05) is 206 Å². The minimum Gasteiger partial charge on any atom is -0.462 e. The molecule has 0 saturated carbocycles. The van der Waals surface area contributed by atoms with Gasteiger partial charge in [0.2, 0.25) is 5.91 Å². The Morgan fingerprint density at radius 3 is 1.35 bits per heavy atom. The molecular formula is C51H97NO5. The van der Waals surface area contributed by atoms with Crippen LogP contribution < -0.4 is 5.32 Å². The summed E-state index contributed by atoms with van der Waals surface area (Å²) in [6, 6.07) is -0.703. The monoisotopic (exact) mass is 804 g/mol. The van der Waals surface area contributed by atoms with Crippen molar-refractivity contribution in [3.8, 4) is 0 Å². The number of aliphatic hydroxyl groups is 2. The molecule has 336 valence electrons. The number of amides is 1. The Morgan fingerprint density at radius 2 is 0.860 bits per heavy atom. The molecule has 0 radical (unpaired) electrons. The molecule has 0 aliphatic rings. The maximum absolute atomic E-state index is 13.1. The van der Waals surface area contributed by atoms with E-state index in [1.165, 1.54) is 148 Å². The second-order valence-corrected chi connectivity index (χ2v) is 17.2. The number of nitrogens with one attached hydrogen (secondary N) is 1. The molecule has 3 unspecified atom stereocenters. The quantitative estimate of drug-likeness (QED) is 0.0324. The Bertz CT molecular complexity index is 904. The highest BCUT2D eigenvalue weighted by Crippen LogP contribution is 2.18. The molecule has 3 N–H and O–H groups in total. The molecule has 1 amide bonds. The summed E-state index contributed by atoms with van der Waals surface area (Å²) in [6.45, 7) is 6.42. The second kappa shape index (κ2) is 45.4. The van der Waals surface area contributed by atoms with Crippen LogP contribution in [0.25, 0.3) is 0 Å². The minimum absolute atomic E-state index is 0.0664. The van der Waals surface area contributed by atoms with Crippen LogP contribution in [0.15, 0.2) is 24.3 Å². The van der Waals surface area contributed by atoms with E-state index in [4.69, 9.17) is 4.74 Å². The average molecular weight is 804 g/mol. The number of ether oxygens (including phenoxy) is 1. The number of aliphatic hydroxyl groups excluding tert-OH is 2. The van der Waals surface area contributed by atoms with Gasteiger partial charge >= 0.3 is 5.97 Å². The fraction of sp³-hybridized carbons (Fsp3) is 0.882. The van der Waals surface area contributed by atoms with Crippen LogP contribution in [0.3, 0.4) is 0 Å². The number of rotatable bonds is 45. The Kier molecular flexibility index (Phi) is 44.1. The lowest BCUT2D eigenvalue weighted by atomic mass is 10.0. The van der Waals surface area contributed by atoms with E-state index in [0.717, 1.165) is 70.6 Å². The van der Waals surface area contributed by atoms with Gasteiger partial charge in [-0.3, -0.25) is 9.59 Å². The van der Waals surface area contributed by atoms with Crippen LogP contribution in [0, 0.1) is 0 Å². The van der Waals surface area contributed by atoms with Crippen LogP contribution in [0.4, 0.5) is 0 Å². The molecule has 0 saturated heterocycles. The standard InChI is InChI=1S/C51H97NO5/c1-4-7-10-13-16-19-21-23-24-25-26-27-28-31-34-37-40-43-49(54)48(46-53)52-50(55)45-47(42-39-36-33-30-18-15-12-9-6-3)57-51(56)44-41-38-35-32-29-22-20-17-14-11-8-5-2/h15,17-18,20,47-49,53-54H,4-14,16,19,21-46H2,1-3H3,(H,52,55)/b18-15-,20-17-. The van der Waals surface area contributed by atoms with Crippen molar-refractivity contribution in [2.24, 2.45) is 0 Å². The topological polar surface area (TPSA) is 95.9 Å². The van der Waals surface area contributed by atoms with E-state index in [1.54, 1.807) is 0 Å². The van der Waals surface area contributed by atoms with E-state index in [-0.39, 0.29) is 24.9 Å². The molecule has 0 aliphatic carbocycles. The van der Waals surface area contributed by atoms with Gasteiger partial charge in [-0.2, -0.15) is 0 Å². The summed E-state index contributed by atoms with van der Waals surface area (Å²) in [7, 11) is 0. The molecule has 0 aromatic heterocycles. The zero-order valence-corrected chi connectivity index (χ0v) is 38.2. The van der Waals surface area contributed by atoms with Crippen LogP contribution in [-0.2, 0) is 14.3 Å². The van der Waals surface area contributed by atoms with Gasteiger partial charge in [0.15, 0.2) is 0 Å². The van der Waals surface area contributed by atoms with Gasteiger partial charge in [-0.15, -0.1) is 0 Å². The lowest BCUT2D eigenvalue weighted by Gasteiger charge is -2.24. The zero-order chi connectivity index (χ0) is 41.7. The van der Waals surface area contributed by atoms with E-state index in [9.17, 15) is 19.8 Å². The predicted octanol–water partition coefficient (Wildman–Crippen LogP) is 14.7. The summed E-state index contributed by atoms with van der Waals surface area (Å²) < 4.78 is 5.89. The van der Waals surface area contributed by atoms with E-state index in [0.29, 0.717) is 19.3 Å². The number of unbranched alkanes of at least 4 members (excludes halogenated alkanes) is 29. The molecular weight excluding hydrogens is 707 g/mol. The number of carbonyl (C=O) groups excluding carboxylic acids is 2. The van der Waals surface area contributed by atoms with Crippen molar-refractivity contribution < 1.29 is 24.5 Å². The van der Waals surface area contributed by atoms with E-state index >= 15 is 0 Å². The van der Waals surface area contributed by atoms with Gasteiger partial charge in [0, 0.05) is 6.42 Å². The molecule has 6 nitrogen and oxygen atoms in total. The second-order valence-electron chi connectivity index (χ2n) is 17.2. The lowest BCUT2D eigenvalue weighted by Crippen LogP contribution is -2.46. The molecule has 0 rings (SSSR count). The molecule has 0 fully saturated rings. The molecule has 3 atom stereocenters. The molecule has 0 aromatic carbocycles. The van der Waals surface area contributed by atoms with Crippen LogP contribution in [-0.4, -0.2) is 46.9 Å². The highest BCUT2D eigenvalue weighted by atomic mass is 16.5. The van der Waals surface area contributed by atoms with Crippen molar-refractivity contribution >= 4 is 11.9 Å². The zero-order valence-electron chi connectivity index (χ0n) is 38.2. The molecule has 0 aliphatic heterocycles. The lowest BCUT2D eigenvalue weighted by molar-refractivity contribution is -0.151. The fourth-order valence-corrected chi connectivity index (χ4v) is 7.64. The van der Waals surface area contributed by atoms with Crippen LogP contribution in [0.2, 0.25) is 0 Å². The Morgan fingerprint density at radius 1 is 0.491 bits per heavy atom. The first kappa shape index (κ1) is 55.3. The summed E-state index contributed by atoms with van der Waals surface area (Å²) in [5.74, 6) is -0.495. The Labute approximate surface area is 354 Å². The summed E-state index contributed by atoms with van der Waals surface area (Å²) in [5, 5.41) is 23.7. The van der Waals surface area contributed by atoms with Crippen LogP contribution in [0.5, 0.6) is 0 Å². The summed E-state index contributed by atoms with van der Waals surface area (Å²) in [4.78, 5) is 26.0. The van der Waals surface area contributed by atoms with E-state index in [2.05, 4.69) is 50.4 Å². The van der Waals surface area contributed by atoms with Crippen LogP contribution >= 0.6 is 0 Å². The smallest absolute Gasteiger partial charge is 0.306 e. The number of carbonyl (C=O) groups is 2. The molecule has 57 heavy (non-hydrogen) atoms. The third-order valence-corrected chi connectivity index (χ3v) is 11.5. The third-order valence-electron chi connectivity index (χ3n) is 11.5. The maximum Gasteiger partial charge on any atom is 0.306 e. The number of esters is 1. The summed E-state index contributed by atoms with van der Waals surface area (Å²) in [6.07, 6.45) is 51.0. The van der Waals surface area contributed by atoms with Gasteiger partial charge in [0.1, 0.15) is 6.10 Å². The molecule has 0 heterocycles. The minimum atomic E-state index is -0.788. The Hall–Kier alpha value is -1.66. The highest BCUT2D eigenvalue weighted by Gasteiger charge is 2.24. The van der Waals surface area contributed by atoms with Gasteiger partial charge in [-0.25, -0.2) is 0 Å². The summed E-state index contributed by atoms with van der Waals surface area (Å²) in [5.41, 5.74) is 0. The average Bonchev–Trinajstić information content (AvgIpc) is 3.20. The van der Waals surface area contributed by atoms with Crippen molar-refractivity contribution in [3.63, 3.8) is 0 Å². The van der Waals surface area contributed by atoms with Crippen molar-refractivity contribution in [3.05, 3.63) is 24.3 Å². The van der Waals surface area contributed by atoms with Gasteiger partial charge < -0.3 is 20.3 Å². The van der Waals surface area contributed by atoms with Gasteiger partial charge in [-0.05, 0) is 70.6 Å². The van der Waals surface area contributed by atoms with Crippen molar-refractivity contribution in [2.45, 2.75) is 283 Å². The van der Waals surface area contributed by atoms with E-state index < -0.39 is 18.2 Å². The van der Waals surface area contributed by atoms with Crippen molar-refractivity contribution in [2.75, 3.05) is 6.61 Å². The molecule has 0 bridgehead atoms. The highest BCUT2D eigenvalue weighted by molar-refractivity contribution is 5.77. The Balaban J connectivity index is 4.42. The molecule has 0 spiro atoms. The third kappa shape index (κ3) is 40.9. The first-order chi connectivity index (χ1) is 28.0. The van der Waals surface area contributed by atoms with E-state index in [1.807, 2.05) is 0 Å². The van der Waals surface area contributed by atoms with Crippen LogP contribution in [0.1, 0.15) is 265 Å². The van der Waals surface area contributed by atoms with Crippen molar-refractivity contribution in [1.29, 1.82) is 0 Å². The first-order valence-electron chi connectivity index (χ1n) is 25.1. The van der Waals surface area contributed by atoms with Gasteiger partial charge in [0.05, 0.1) is 25.2 Å². The molecule has 0 aromatic rings. The fourth-order valence-electron chi connectivity index (χ4n) is 7.64.